The first-order valence-electron chi connectivity index (χ1n) is 19.4. The third-order valence-corrected chi connectivity index (χ3v) is 8.28. The van der Waals surface area contributed by atoms with Crippen LogP contribution >= 0.6 is 15.9 Å². The molecule has 22 heteroatoms. The number of nitrogens with two attached hydrogens (primary N) is 1. The molecule has 0 atom stereocenters. The van der Waals surface area contributed by atoms with Gasteiger partial charge in [-0.25, -0.2) is 24.7 Å². The van der Waals surface area contributed by atoms with Crippen LogP contribution in [0.5, 0.6) is 0 Å². The topological polar surface area (TPSA) is 241 Å². The number of imidazole rings is 3. The molecule has 0 amide bonds. The number of aliphatic hydroxyl groups is 1. The monoisotopic (exact) mass is 1010 g/mol. The number of hydrogen-bond acceptors (Lipinski definition) is 15. The van der Waals surface area contributed by atoms with Gasteiger partial charge in [0.05, 0.1) is 24.2 Å². The van der Waals surface area contributed by atoms with Crippen molar-refractivity contribution in [3.05, 3.63) is 133 Å². The molecule has 9 heterocycles. The summed E-state index contributed by atoms with van der Waals surface area (Å²) in [5, 5.41) is 8.80. The number of rotatable bonds is 6. The molecular weight excluding hydrogens is 957 g/mol. The number of esters is 1. The number of aliphatic hydroxyl groups excluding tert-OH is 1. The Morgan fingerprint density at radius 2 is 1.28 bits per heavy atom. The van der Waals surface area contributed by atoms with Gasteiger partial charge in [-0.3, -0.25) is 14.4 Å². The molecule has 0 aromatic carbocycles. The van der Waals surface area contributed by atoms with Crippen molar-refractivity contribution in [3.8, 4) is 0 Å². The minimum atomic E-state index is -1.44. The molecule has 345 valence electrons. The molecule has 0 unspecified atom stereocenters. The van der Waals surface area contributed by atoms with Crippen LogP contribution in [0.1, 0.15) is 67.6 Å². The van der Waals surface area contributed by atoms with E-state index in [1.807, 2.05) is 105 Å². The molecule has 0 spiro atoms. The Bertz CT molecular complexity index is 2310. The summed E-state index contributed by atoms with van der Waals surface area (Å²) in [6.45, 7) is 7.42. The second-order valence-electron chi connectivity index (χ2n) is 12.5. The standard InChI is InChI=1S/C9H8N2O.C8H8N2O.C8H6N2O.C5H7BrO3.C5H6N2.2C4H8O.Al.Li.Mn.2O.4H/c1-7(12)8-6-11-5-3-2-4-9(11)10-8;2*11-6-7-5-10-4-2-1-3-8(10)9-7;1-2-9-5(8)4(7)3-6;6-5-3-1-2-4-7-5;2*1-2-4-5-3-1;;;;;;;;;/h2-6H,1H3;1-5,11H,6H2;1-6H;2-3H2,1H3;1-4H,(H2,6,7);2*1-4H2;;;;;;;;;/q;;;;;;;;+1;;;;;;;-1. The normalized spacial score (nSPS) is 11.4. The Balaban J connectivity index is 0. The second-order valence-corrected chi connectivity index (χ2v) is 13.2. The molecule has 18 nitrogen and oxygen atoms in total. The molecule has 7 aromatic heterocycles. The zero-order valence-electron chi connectivity index (χ0n) is 36.9. The fourth-order valence-electron chi connectivity index (χ4n) is 4.84. The van der Waals surface area contributed by atoms with Crippen molar-refractivity contribution in [3.63, 3.8) is 0 Å². The van der Waals surface area contributed by atoms with Crippen molar-refractivity contribution >= 4 is 79.9 Å². The van der Waals surface area contributed by atoms with Crippen molar-refractivity contribution in [2.45, 2.75) is 46.1 Å². The van der Waals surface area contributed by atoms with E-state index in [0.717, 1.165) is 49.7 Å². The molecule has 0 aliphatic carbocycles. The molecule has 0 bridgehead atoms. The maximum atomic E-state index is 10.9. The van der Waals surface area contributed by atoms with E-state index in [-0.39, 0.29) is 62.0 Å². The molecule has 0 saturated carbocycles. The van der Waals surface area contributed by atoms with Gasteiger partial charge in [0, 0.05) is 76.7 Å². The van der Waals surface area contributed by atoms with Gasteiger partial charge < -0.3 is 39.7 Å². The molecule has 7 aromatic rings. The number of ketones is 2. The van der Waals surface area contributed by atoms with Gasteiger partial charge in [0.25, 0.3) is 0 Å². The van der Waals surface area contributed by atoms with Gasteiger partial charge in [-0.15, -0.1) is 0 Å². The summed E-state index contributed by atoms with van der Waals surface area (Å²) in [5.74, 6) is -0.743. The molecule has 2 saturated heterocycles. The number of pyridine rings is 4. The zero-order chi connectivity index (χ0) is 46.1. The van der Waals surface area contributed by atoms with Crippen LogP contribution in [-0.4, -0.2) is 118 Å². The van der Waals surface area contributed by atoms with Crippen LogP contribution in [0, 0.1) is 0 Å². The van der Waals surface area contributed by atoms with Gasteiger partial charge in [0.15, 0.2) is 29.4 Å². The summed E-state index contributed by atoms with van der Waals surface area (Å²) in [7, 11) is 0. The number of Topliss-reactive ketones (excluding diaryl/α,β-unsaturated/α-hetero) is 2. The van der Waals surface area contributed by atoms with Gasteiger partial charge in [0.2, 0.25) is 5.78 Å². The summed E-state index contributed by atoms with van der Waals surface area (Å²) in [6, 6.07) is 22.5. The number of carbonyl (C=O) groups is 4. The Hall–Kier alpha value is -4.89. The summed E-state index contributed by atoms with van der Waals surface area (Å²) in [5.41, 5.74) is 9.42. The van der Waals surface area contributed by atoms with Gasteiger partial charge in [-0.2, -0.15) is 0 Å². The summed E-state index contributed by atoms with van der Waals surface area (Å²) >= 11 is 1.40. The summed E-state index contributed by atoms with van der Waals surface area (Å²) in [6.07, 6.45) is 18.4. The average Bonchev–Trinajstić information content (AvgIpc) is 4.18. The summed E-state index contributed by atoms with van der Waals surface area (Å²) < 4.78 is 36.6. The number of alkyl halides is 1. The van der Waals surface area contributed by atoms with Gasteiger partial charge in [-0.1, -0.05) is 40.2 Å². The average molecular weight is 1010 g/mol. The van der Waals surface area contributed by atoms with Gasteiger partial charge in [0.1, 0.15) is 34.1 Å². The molecule has 65 heavy (non-hydrogen) atoms. The van der Waals surface area contributed by atoms with E-state index in [0.29, 0.717) is 22.9 Å². The SMILES string of the molecule is C1CCOC1.C1CCOC1.CC(=O)c1cn2ccccc2n1.CCOC(=O)C(=O)CBr.Nc1ccccn1.O=Cc1cn2ccccc2n1.OCc1cn2ccccc2n1.[AlH3].[H-].[Li+].[O]=[Mn]=[O]. The molecule has 2 fully saturated rings. The predicted molar refractivity (Wildman–Crippen MR) is 244 cm³/mol. The number of nitrogens with zero attached hydrogens (tertiary/aromatic N) is 7. The number of anilines is 1. The molecule has 0 radical (unpaired) electrons. The number of hydrogen-bond donors (Lipinski definition) is 2. The predicted octanol–water partition coefficient (Wildman–Crippen LogP) is 1.97. The first-order chi connectivity index (χ1) is 30.6. The van der Waals surface area contributed by atoms with Crippen molar-refractivity contribution in [1.82, 2.24) is 33.1 Å². The summed E-state index contributed by atoms with van der Waals surface area (Å²) in [4.78, 5) is 58.0. The van der Waals surface area contributed by atoms with E-state index in [4.69, 9.17) is 28.0 Å². The molecule has 2 aliphatic heterocycles. The third-order valence-electron chi connectivity index (χ3n) is 7.77. The van der Waals surface area contributed by atoms with E-state index >= 15 is 0 Å². The number of aldehydes is 1. The Morgan fingerprint density at radius 1 is 0.800 bits per heavy atom. The quantitative estimate of drug-likeness (QED) is 0.0605. The Morgan fingerprint density at radius 3 is 1.62 bits per heavy atom. The maximum absolute atomic E-state index is 10.9. The van der Waals surface area contributed by atoms with Crippen LogP contribution in [0.2, 0.25) is 0 Å². The zero-order valence-corrected chi connectivity index (χ0v) is 38.7. The molecular formula is C43H55AlBrLiMnN8O10. The first-order valence-corrected chi connectivity index (χ1v) is 21.5. The Kier molecular flexibility index (Phi) is 34.5. The van der Waals surface area contributed by atoms with Crippen molar-refractivity contribution < 1.29 is 81.3 Å². The number of halogens is 1. The van der Waals surface area contributed by atoms with Gasteiger partial charge >= 0.3 is 47.3 Å². The van der Waals surface area contributed by atoms with E-state index < -0.39 is 26.6 Å². The number of fused-ring (bicyclic) bond motifs is 3. The van der Waals surface area contributed by atoms with Gasteiger partial charge in [-0.05, 0) is 81.1 Å². The van der Waals surface area contributed by atoms with E-state index in [1.165, 1.54) is 32.6 Å². The van der Waals surface area contributed by atoms with Crippen LogP contribution < -0.4 is 24.6 Å². The van der Waals surface area contributed by atoms with Crippen LogP contribution in [0.25, 0.3) is 16.9 Å². The first kappa shape index (κ1) is 60.1. The van der Waals surface area contributed by atoms with E-state index in [2.05, 4.69) is 40.6 Å². The van der Waals surface area contributed by atoms with Crippen LogP contribution in [-0.2, 0) is 52.9 Å². The number of aromatic nitrogens is 7. The third kappa shape index (κ3) is 25.4. The molecule has 3 N–H and O–H groups in total. The van der Waals surface area contributed by atoms with Crippen molar-refractivity contribution in [1.29, 1.82) is 0 Å². The number of ether oxygens (including phenoxy) is 3. The van der Waals surface area contributed by atoms with Crippen LogP contribution in [0.4, 0.5) is 5.82 Å². The Labute approximate surface area is 415 Å². The van der Waals surface area contributed by atoms with Crippen LogP contribution in [0.3, 0.4) is 0 Å². The molecule has 9 rings (SSSR count). The fourth-order valence-corrected chi connectivity index (χ4v) is 5.07. The number of carbonyl (C=O) groups excluding carboxylic acids is 4. The number of nitrogen functional groups attached to an aromatic ring is 1. The molecule has 2 aliphatic rings. The second kappa shape index (κ2) is 37.3. The van der Waals surface area contributed by atoms with E-state index in [9.17, 15) is 19.2 Å². The van der Waals surface area contributed by atoms with Crippen molar-refractivity contribution in [2.24, 2.45) is 0 Å². The minimum absolute atomic E-state index is 0. The fraction of sp³-hybridized carbons (Fsp3) is 0.302. The van der Waals surface area contributed by atoms with Crippen LogP contribution in [0.15, 0.2) is 116 Å². The van der Waals surface area contributed by atoms with E-state index in [1.54, 1.807) is 31.6 Å². The van der Waals surface area contributed by atoms with Crippen molar-refractivity contribution in [2.75, 3.05) is 44.1 Å².